The van der Waals surface area contributed by atoms with Crippen LogP contribution in [0.25, 0.3) is 6.08 Å². The number of nitrogens with one attached hydrogen (secondary N) is 1. The minimum absolute atomic E-state index is 0.530. The number of ether oxygens (including phenoxy) is 1. The minimum atomic E-state index is -0.641. The Hall–Kier alpha value is -3.35. The van der Waals surface area contributed by atoms with E-state index in [1.807, 2.05) is 42.3 Å². The van der Waals surface area contributed by atoms with Gasteiger partial charge in [0.1, 0.15) is 17.3 Å². The number of rotatable bonds is 6. The van der Waals surface area contributed by atoms with Crippen LogP contribution < -0.4 is 15.1 Å². The minimum Gasteiger partial charge on any atom is -0.457 e. The molecular weight excluding hydrogens is 378 g/mol. The number of carbonyl (C=O) groups excluding carboxylic acids is 1. The van der Waals surface area contributed by atoms with Crippen LogP contribution in [-0.2, 0) is 4.79 Å². The van der Waals surface area contributed by atoms with E-state index < -0.39 is 5.91 Å². The zero-order valence-electron chi connectivity index (χ0n) is 15.0. The molecule has 28 heavy (non-hydrogen) atoms. The van der Waals surface area contributed by atoms with Crippen LogP contribution >= 0.6 is 11.6 Å². The molecule has 142 valence electrons. The number of hydrogen-bond donors (Lipinski definition) is 2. The number of aromatic nitrogens is 1. The van der Waals surface area contributed by atoms with Crippen LogP contribution in [0, 0.1) is 0 Å². The van der Waals surface area contributed by atoms with Crippen LogP contribution in [0.5, 0.6) is 11.5 Å². The summed E-state index contributed by atoms with van der Waals surface area (Å²) in [5.74, 6) is 1.23. The molecule has 0 saturated carbocycles. The lowest BCUT2D eigenvalue weighted by atomic mass is 10.1. The summed E-state index contributed by atoms with van der Waals surface area (Å²) in [4.78, 5) is 17.7. The average molecular weight is 396 g/mol. The summed E-state index contributed by atoms with van der Waals surface area (Å²) in [5, 5.41) is 9.28. The number of benzene rings is 2. The number of halogens is 1. The van der Waals surface area contributed by atoms with Crippen molar-refractivity contribution in [2.24, 2.45) is 0 Å². The van der Waals surface area contributed by atoms with E-state index in [0.29, 0.717) is 22.1 Å². The third kappa shape index (κ3) is 4.88. The Morgan fingerprint density at radius 3 is 2.75 bits per heavy atom. The molecule has 0 bridgehead atoms. The first-order valence-electron chi connectivity index (χ1n) is 8.41. The van der Waals surface area contributed by atoms with E-state index >= 15 is 0 Å². The van der Waals surface area contributed by atoms with Crippen molar-refractivity contribution in [3.63, 3.8) is 0 Å². The van der Waals surface area contributed by atoms with Crippen LogP contribution in [0.4, 0.5) is 11.5 Å². The molecule has 0 aliphatic rings. The molecule has 0 aliphatic heterocycles. The number of nitrogens with zero attached hydrogens (tertiary/aromatic N) is 2. The van der Waals surface area contributed by atoms with Crippen LogP contribution in [0.2, 0.25) is 5.02 Å². The van der Waals surface area contributed by atoms with Gasteiger partial charge in [0.2, 0.25) is 0 Å². The highest BCUT2D eigenvalue weighted by molar-refractivity contribution is 6.30. The van der Waals surface area contributed by atoms with Crippen LogP contribution in [0.3, 0.4) is 0 Å². The summed E-state index contributed by atoms with van der Waals surface area (Å²) >= 11 is 6.02. The molecular formula is C21H18ClN3O3. The Balaban J connectivity index is 1.97. The van der Waals surface area contributed by atoms with Crippen molar-refractivity contribution in [2.45, 2.75) is 0 Å². The first-order valence-corrected chi connectivity index (χ1v) is 8.79. The molecule has 0 spiro atoms. The Morgan fingerprint density at radius 2 is 2.04 bits per heavy atom. The van der Waals surface area contributed by atoms with Gasteiger partial charge < -0.3 is 9.64 Å². The standard InChI is InChI=1S/C21H18ClN3O3/c1-25(20-7-2-3-12-23-20)17-9-10-19(15(13-17)8-11-21(26)24-27)28-18-6-4-5-16(22)14-18/h2-14,27H,1H3,(H,24,26)/b11-8+. The van der Waals surface area contributed by atoms with Crippen molar-refractivity contribution in [1.82, 2.24) is 10.5 Å². The van der Waals surface area contributed by atoms with Gasteiger partial charge >= 0.3 is 0 Å². The molecule has 0 atom stereocenters. The van der Waals surface area contributed by atoms with Crippen molar-refractivity contribution in [3.8, 4) is 11.5 Å². The molecule has 3 rings (SSSR count). The van der Waals surface area contributed by atoms with Gasteiger partial charge in [-0.05, 0) is 54.6 Å². The fraction of sp³-hybridized carbons (Fsp3) is 0.0476. The molecule has 0 saturated heterocycles. The van der Waals surface area contributed by atoms with Crippen molar-refractivity contribution in [1.29, 1.82) is 0 Å². The van der Waals surface area contributed by atoms with E-state index in [9.17, 15) is 4.79 Å². The van der Waals surface area contributed by atoms with Gasteiger partial charge in [0.15, 0.2) is 0 Å². The molecule has 0 aliphatic carbocycles. The normalized spacial score (nSPS) is 10.7. The SMILES string of the molecule is CN(c1ccc(Oc2cccc(Cl)c2)c(/C=C/C(=O)NO)c1)c1ccccn1. The van der Waals surface area contributed by atoms with Gasteiger partial charge in [-0.3, -0.25) is 10.0 Å². The van der Waals surface area contributed by atoms with Crippen molar-refractivity contribution in [2.75, 3.05) is 11.9 Å². The lowest BCUT2D eigenvalue weighted by molar-refractivity contribution is -0.124. The number of hydrogen-bond acceptors (Lipinski definition) is 5. The van der Waals surface area contributed by atoms with Gasteiger partial charge in [-0.15, -0.1) is 0 Å². The molecule has 1 heterocycles. The van der Waals surface area contributed by atoms with Crippen LogP contribution in [0.1, 0.15) is 5.56 Å². The molecule has 3 aromatic rings. The smallest absolute Gasteiger partial charge is 0.267 e. The molecule has 7 heteroatoms. The number of anilines is 2. The first kappa shape index (κ1) is 19.4. The number of hydroxylamine groups is 1. The van der Waals surface area contributed by atoms with Crippen molar-refractivity contribution < 1.29 is 14.7 Å². The lowest BCUT2D eigenvalue weighted by Gasteiger charge is -2.20. The monoisotopic (exact) mass is 395 g/mol. The fourth-order valence-corrected chi connectivity index (χ4v) is 2.69. The highest BCUT2D eigenvalue weighted by atomic mass is 35.5. The molecule has 1 aromatic heterocycles. The van der Waals surface area contributed by atoms with E-state index in [1.165, 1.54) is 6.08 Å². The summed E-state index contributed by atoms with van der Waals surface area (Å²) in [6.45, 7) is 0. The second kappa shape index (κ2) is 9.03. The topological polar surface area (TPSA) is 74.7 Å². The van der Waals surface area contributed by atoms with Crippen LogP contribution in [-0.4, -0.2) is 23.1 Å². The Morgan fingerprint density at radius 1 is 1.18 bits per heavy atom. The fourth-order valence-electron chi connectivity index (χ4n) is 2.51. The zero-order chi connectivity index (χ0) is 19.9. The second-order valence-electron chi connectivity index (χ2n) is 5.84. The molecule has 2 aromatic carbocycles. The molecule has 0 fully saturated rings. The van der Waals surface area contributed by atoms with Gasteiger partial charge in [0, 0.05) is 35.6 Å². The highest BCUT2D eigenvalue weighted by Crippen LogP contribution is 2.32. The summed E-state index contributed by atoms with van der Waals surface area (Å²) in [6, 6.07) is 18.2. The number of pyridine rings is 1. The van der Waals surface area contributed by atoms with Crippen LogP contribution in [0.15, 0.2) is 72.9 Å². The Bertz CT molecular complexity index is 993. The molecule has 6 nitrogen and oxygen atoms in total. The van der Waals surface area contributed by atoms with Gasteiger partial charge in [0.25, 0.3) is 5.91 Å². The van der Waals surface area contributed by atoms with E-state index in [1.54, 1.807) is 48.1 Å². The number of amides is 1. The predicted molar refractivity (Wildman–Crippen MR) is 109 cm³/mol. The van der Waals surface area contributed by atoms with Gasteiger partial charge in [-0.2, -0.15) is 0 Å². The maximum absolute atomic E-state index is 11.4. The third-order valence-corrected chi connectivity index (χ3v) is 4.16. The van der Waals surface area contributed by atoms with E-state index in [2.05, 4.69) is 4.98 Å². The second-order valence-corrected chi connectivity index (χ2v) is 6.27. The summed E-state index contributed by atoms with van der Waals surface area (Å²) in [5.41, 5.74) is 3.06. The quantitative estimate of drug-likeness (QED) is 0.356. The van der Waals surface area contributed by atoms with Gasteiger partial charge in [0.05, 0.1) is 0 Å². The van der Waals surface area contributed by atoms with Crippen molar-refractivity contribution in [3.05, 3.63) is 83.5 Å². The van der Waals surface area contributed by atoms with E-state index in [-0.39, 0.29) is 0 Å². The van der Waals surface area contributed by atoms with Crippen molar-refractivity contribution >= 4 is 35.1 Å². The summed E-state index contributed by atoms with van der Waals surface area (Å²) in [6.07, 6.45) is 4.49. The molecule has 2 N–H and O–H groups in total. The number of carbonyl (C=O) groups is 1. The average Bonchev–Trinajstić information content (AvgIpc) is 2.73. The summed E-state index contributed by atoms with van der Waals surface area (Å²) < 4.78 is 5.93. The van der Waals surface area contributed by atoms with Gasteiger partial charge in [-0.25, -0.2) is 10.5 Å². The largest absolute Gasteiger partial charge is 0.457 e. The van der Waals surface area contributed by atoms with Gasteiger partial charge in [-0.1, -0.05) is 23.7 Å². The first-order chi connectivity index (χ1) is 13.6. The predicted octanol–water partition coefficient (Wildman–Crippen LogP) is 4.81. The lowest BCUT2D eigenvalue weighted by Crippen LogP contribution is -2.14. The molecule has 0 radical (unpaired) electrons. The zero-order valence-corrected chi connectivity index (χ0v) is 15.8. The molecule has 1 amide bonds. The maximum atomic E-state index is 11.4. The van der Waals surface area contributed by atoms with E-state index in [4.69, 9.17) is 21.5 Å². The Kier molecular flexibility index (Phi) is 6.26. The maximum Gasteiger partial charge on any atom is 0.267 e. The highest BCUT2D eigenvalue weighted by Gasteiger charge is 2.10. The van der Waals surface area contributed by atoms with E-state index in [0.717, 1.165) is 11.5 Å². The third-order valence-electron chi connectivity index (χ3n) is 3.92. The summed E-state index contributed by atoms with van der Waals surface area (Å²) in [7, 11) is 1.89. The molecule has 0 unspecified atom stereocenters. The Labute approximate surface area is 167 Å².